The number of ether oxygens (including phenoxy) is 2. The normalized spacial score (nSPS) is 24.4. The molecule has 0 unspecified atom stereocenters. The lowest BCUT2D eigenvalue weighted by Crippen LogP contribution is -2.53. The molecule has 1 heterocycles. The molecule has 0 radical (unpaired) electrons. The van der Waals surface area contributed by atoms with Crippen molar-refractivity contribution in [2.75, 3.05) is 32.6 Å². The summed E-state index contributed by atoms with van der Waals surface area (Å²) in [5.74, 6) is 1.53. The number of hydrogen-bond donors (Lipinski definition) is 2. The Morgan fingerprint density at radius 3 is 2.68 bits per heavy atom. The van der Waals surface area contributed by atoms with Crippen LogP contribution in [0.4, 0.5) is 10.5 Å². The number of benzene rings is 2. The SMILES string of the molecule is CCCN1CC[C@]2(c3ccc(OC)c(OC)c3)CC[C@H](NC(=O)Nc3cc(Cl)ccc3C)C[C@@H]12. The van der Waals surface area contributed by atoms with E-state index in [4.69, 9.17) is 21.1 Å². The van der Waals surface area contributed by atoms with E-state index in [1.807, 2.05) is 25.1 Å². The summed E-state index contributed by atoms with van der Waals surface area (Å²) in [4.78, 5) is 15.5. The molecule has 7 heteroatoms. The van der Waals surface area contributed by atoms with Crippen molar-refractivity contribution in [1.82, 2.24) is 10.2 Å². The van der Waals surface area contributed by atoms with E-state index in [0.29, 0.717) is 11.1 Å². The molecule has 2 N–H and O–H groups in total. The minimum Gasteiger partial charge on any atom is -0.493 e. The summed E-state index contributed by atoms with van der Waals surface area (Å²) in [6.45, 7) is 6.34. The molecule has 0 bridgehead atoms. The van der Waals surface area contributed by atoms with E-state index < -0.39 is 0 Å². The summed E-state index contributed by atoms with van der Waals surface area (Å²) in [7, 11) is 3.36. The quantitative estimate of drug-likeness (QED) is 0.523. The number of hydrogen-bond acceptors (Lipinski definition) is 4. The van der Waals surface area contributed by atoms with Crippen molar-refractivity contribution in [3.05, 3.63) is 52.5 Å². The van der Waals surface area contributed by atoms with Crippen LogP contribution in [0, 0.1) is 6.92 Å². The van der Waals surface area contributed by atoms with Crippen molar-refractivity contribution >= 4 is 23.3 Å². The van der Waals surface area contributed by atoms with Gasteiger partial charge < -0.3 is 20.1 Å². The highest BCUT2D eigenvalue weighted by Crippen LogP contribution is 2.50. The Kier molecular flexibility index (Phi) is 7.58. The van der Waals surface area contributed by atoms with Crippen LogP contribution in [-0.4, -0.2) is 50.3 Å². The van der Waals surface area contributed by atoms with Crippen molar-refractivity contribution in [2.45, 2.75) is 63.5 Å². The molecule has 184 valence electrons. The summed E-state index contributed by atoms with van der Waals surface area (Å²) in [6.07, 6.45) is 5.12. The zero-order valence-electron chi connectivity index (χ0n) is 20.6. The second-order valence-electron chi connectivity index (χ2n) is 9.56. The molecule has 0 spiro atoms. The predicted octanol–water partition coefficient (Wildman–Crippen LogP) is 5.76. The standard InChI is InChI=1S/C27H36ClN3O3/c1-5-13-31-14-12-27(19-7-9-23(33-3)24(15-19)34-4)11-10-21(17-25(27)31)29-26(32)30-22-16-20(28)8-6-18(22)2/h6-9,15-16,21,25H,5,10-14,17H2,1-4H3,(H2,29,30,32)/t21-,25+,27-/m0/s1. The van der Waals surface area contributed by atoms with Gasteiger partial charge in [-0.25, -0.2) is 4.79 Å². The van der Waals surface area contributed by atoms with Crippen LogP contribution in [0.25, 0.3) is 0 Å². The zero-order chi connectivity index (χ0) is 24.3. The highest BCUT2D eigenvalue weighted by atomic mass is 35.5. The molecule has 2 aliphatic rings. The fraction of sp³-hybridized carbons (Fsp3) is 0.519. The fourth-order valence-corrected chi connectivity index (χ4v) is 6.06. The highest BCUT2D eigenvalue weighted by Gasteiger charge is 2.51. The number of aryl methyl sites for hydroxylation is 1. The topological polar surface area (TPSA) is 62.8 Å². The second kappa shape index (κ2) is 10.4. The lowest BCUT2D eigenvalue weighted by atomic mass is 9.65. The van der Waals surface area contributed by atoms with Gasteiger partial charge in [0, 0.05) is 28.2 Å². The van der Waals surface area contributed by atoms with Crippen LogP contribution in [0.2, 0.25) is 5.02 Å². The number of nitrogens with zero attached hydrogens (tertiary/aromatic N) is 1. The predicted molar refractivity (Wildman–Crippen MR) is 137 cm³/mol. The van der Waals surface area contributed by atoms with E-state index in [1.54, 1.807) is 20.3 Å². The number of rotatable bonds is 7. The summed E-state index contributed by atoms with van der Waals surface area (Å²) in [5, 5.41) is 6.83. The number of urea groups is 1. The van der Waals surface area contributed by atoms with E-state index in [9.17, 15) is 4.79 Å². The maximum absolute atomic E-state index is 12.8. The number of likely N-dealkylation sites (tertiary alicyclic amines) is 1. The number of anilines is 1. The van der Waals surface area contributed by atoms with E-state index in [-0.39, 0.29) is 17.5 Å². The van der Waals surface area contributed by atoms with Gasteiger partial charge in [-0.3, -0.25) is 4.90 Å². The molecule has 1 aliphatic carbocycles. The summed E-state index contributed by atoms with van der Waals surface area (Å²) in [6, 6.07) is 12.2. The average Bonchev–Trinajstić information content (AvgIpc) is 3.20. The van der Waals surface area contributed by atoms with Crippen LogP contribution in [0.5, 0.6) is 11.5 Å². The first-order valence-corrected chi connectivity index (χ1v) is 12.6. The van der Waals surface area contributed by atoms with Gasteiger partial charge in [0.25, 0.3) is 0 Å². The molecular weight excluding hydrogens is 450 g/mol. The molecule has 3 atom stereocenters. The molecule has 1 saturated carbocycles. The van der Waals surface area contributed by atoms with E-state index in [1.165, 1.54) is 5.56 Å². The van der Waals surface area contributed by atoms with Gasteiger partial charge in [-0.05, 0) is 87.5 Å². The summed E-state index contributed by atoms with van der Waals surface area (Å²) in [5.41, 5.74) is 3.10. The largest absolute Gasteiger partial charge is 0.493 e. The Hall–Kier alpha value is -2.44. The molecule has 2 fully saturated rings. The second-order valence-corrected chi connectivity index (χ2v) is 9.99. The van der Waals surface area contributed by atoms with Gasteiger partial charge in [-0.2, -0.15) is 0 Å². The van der Waals surface area contributed by atoms with Crippen molar-refractivity contribution in [1.29, 1.82) is 0 Å². The third-order valence-corrected chi connectivity index (χ3v) is 7.86. The zero-order valence-corrected chi connectivity index (χ0v) is 21.4. The number of halogens is 1. The molecule has 0 aromatic heterocycles. The van der Waals surface area contributed by atoms with E-state index in [0.717, 1.165) is 67.9 Å². The smallest absolute Gasteiger partial charge is 0.319 e. The molecular formula is C27H36ClN3O3. The number of nitrogens with one attached hydrogen (secondary N) is 2. The molecule has 2 amide bonds. The first-order chi connectivity index (χ1) is 16.4. The monoisotopic (exact) mass is 485 g/mol. The Labute approximate surface area is 208 Å². The van der Waals surface area contributed by atoms with Gasteiger partial charge in [0.15, 0.2) is 11.5 Å². The minimum absolute atomic E-state index is 0.0624. The van der Waals surface area contributed by atoms with Crippen molar-refractivity contribution < 1.29 is 14.3 Å². The van der Waals surface area contributed by atoms with Gasteiger partial charge in [-0.1, -0.05) is 30.7 Å². The molecule has 2 aromatic rings. The van der Waals surface area contributed by atoms with Crippen LogP contribution in [0.3, 0.4) is 0 Å². The lowest BCUT2D eigenvalue weighted by molar-refractivity contribution is 0.136. The molecule has 2 aromatic carbocycles. The Morgan fingerprint density at radius 1 is 1.15 bits per heavy atom. The van der Waals surface area contributed by atoms with Crippen LogP contribution >= 0.6 is 11.6 Å². The Bertz CT molecular complexity index is 1030. The van der Waals surface area contributed by atoms with Crippen molar-refractivity contribution in [3.63, 3.8) is 0 Å². The first-order valence-electron chi connectivity index (χ1n) is 12.2. The average molecular weight is 486 g/mol. The number of carbonyl (C=O) groups excluding carboxylic acids is 1. The van der Waals surface area contributed by atoms with E-state index >= 15 is 0 Å². The number of fused-ring (bicyclic) bond motifs is 1. The van der Waals surface area contributed by atoms with Crippen LogP contribution < -0.4 is 20.1 Å². The van der Waals surface area contributed by atoms with Gasteiger partial charge in [-0.15, -0.1) is 0 Å². The number of amides is 2. The molecule has 1 saturated heterocycles. The molecule has 6 nitrogen and oxygen atoms in total. The van der Waals surface area contributed by atoms with E-state index in [2.05, 4.69) is 34.6 Å². The fourth-order valence-electron chi connectivity index (χ4n) is 5.89. The Balaban J connectivity index is 1.53. The third kappa shape index (κ3) is 4.84. The first kappa shape index (κ1) is 24.7. The molecule has 1 aliphatic heterocycles. The number of methoxy groups -OCH3 is 2. The minimum atomic E-state index is -0.172. The van der Waals surface area contributed by atoms with Gasteiger partial charge in [0.1, 0.15) is 0 Å². The third-order valence-electron chi connectivity index (χ3n) is 7.62. The van der Waals surface area contributed by atoms with Crippen LogP contribution in [0.15, 0.2) is 36.4 Å². The van der Waals surface area contributed by atoms with Gasteiger partial charge in [0.2, 0.25) is 0 Å². The van der Waals surface area contributed by atoms with Gasteiger partial charge in [0.05, 0.1) is 14.2 Å². The summed E-state index contributed by atoms with van der Waals surface area (Å²) >= 11 is 6.12. The molecule has 34 heavy (non-hydrogen) atoms. The van der Waals surface area contributed by atoms with Crippen LogP contribution in [-0.2, 0) is 5.41 Å². The number of carbonyl (C=O) groups is 1. The van der Waals surface area contributed by atoms with Gasteiger partial charge >= 0.3 is 6.03 Å². The Morgan fingerprint density at radius 2 is 1.94 bits per heavy atom. The lowest BCUT2D eigenvalue weighted by Gasteiger charge is -2.45. The van der Waals surface area contributed by atoms with Crippen molar-refractivity contribution in [2.24, 2.45) is 0 Å². The maximum Gasteiger partial charge on any atom is 0.319 e. The maximum atomic E-state index is 12.8. The van der Waals surface area contributed by atoms with Crippen LogP contribution in [0.1, 0.15) is 50.2 Å². The highest BCUT2D eigenvalue weighted by molar-refractivity contribution is 6.31. The molecule has 4 rings (SSSR count). The van der Waals surface area contributed by atoms with Crippen molar-refractivity contribution in [3.8, 4) is 11.5 Å². The summed E-state index contributed by atoms with van der Waals surface area (Å²) < 4.78 is 11.1.